The van der Waals surface area contributed by atoms with Crippen molar-refractivity contribution in [3.63, 3.8) is 0 Å². The summed E-state index contributed by atoms with van der Waals surface area (Å²) in [7, 11) is 0. The van der Waals surface area contributed by atoms with Crippen LogP contribution in [0.4, 0.5) is 0 Å². The Morgan fingerprint density at radius 1 is 1.38 bits per heavy atom. The van der Waals surface area contributed by atoms with Gasteiger partial charge in [0.25, 0.3) is 0 Å². The first kappa shape index (κ1) is 15.8. The number of hydrogen-bond acceptors (Lipinski definition) is 4. The molecule has 0 fully saturated rings. The highest BCUT2D eigenvalue weighted by molar-refractivity contribution is 7.99. The molecule has 0 aromatic heterocycles. The van der Waals surface area contributed by atoms with Gasteiger partial charge in [-0.25, -0.2) is 0 Å². The van der Waals surface area contributed by atoms with Gasteiger partial charge < -0.3 is 10.1 Å². The van der Waals surface area contributed by atoms with Crippen molar-refractivity contribution >= 4 is 17.7 Å². The minimum atomic E-state index is -0.105. The van der Waals surface area contributed by atoms with E-state index in [-0.39, 0.29) is 5.97 Å². The number of rotatable bonds is 9. The molecule has 3 nitrogen and oxygen atoms in total. The molecule has 0 aliphatic rings. The molecule has 0 radical (unpaired) electrons. The van der Waals surface area contributed by atoms with E-state index in [0.717, 1.165) is 18.7 Å². The summed E-state index contributed by atoms with van der Waals surface area (Å²) in [5.74, 6) is 1.98. The van der Waals surface area contributed by atoms with E-state index >= 15 is 0 Å². The summed E-state index contributed by atoms with van der Waals surface area (Å²) < 4.78 is 4.89. The van der Waals surface area contributed by atoms with Crippen LogP contribution in [0.2, 0.25) is 0 Å². The summed E-state index contributed by atoms with van der Waals surface area (Å²) in [4.78, 5) is 11.2. The van der Waals surface area contributed by atoms with E-state index < -0.39 is 0 Å². The van der Waals surface area contributed by atoms with Crippen LogP contribution in [0.1, 0.15) is 34.1 Å². The molecule has 1 N–H and O–H groups in total. The summed E-state index contributed by atoms with van der Waals surface area (Å²) in [6.07, 6.45) is 1.16. The first-order chi connectivity index (χ1) is 7.65. The van der Waals surface area contributed by atoms with Crippen LogP contribution in [0.25, 0.3) is 0 Å². The first-order valence-corrected chi connectivity index (χ1v) is 7.27. The van der Waals surface area contributed by atoms with Gasteiger partial charge in [-0.05, 0) is 19.4 Å². The molecule has 0 bridgehead atoms. The van der Waals surface area contributed by atoms with Gasteiger partial charge in [-0.3, -0.25) is 4.79 Å². The molecule has 2 atom stereocenters. The lowest BCUT2D eigenvalue weighted by Crippen LogP contribution is -2.37. The molecule has 16 heavy (non-hydrogen) atoms. The minimum Gasteiger partial charge on any atom is -0.465 e. The Labute approximate surface area is 104 Å². The fourth-order valence-corrected chi connectivity index (χ4v) is 2.51. The van der Waals surface area contributed by atoms with Crippen molar-refractivity contribution in [2.45, 2.75) is 40.2 Å². The van der Waals surface area contributed by atoms with Crippen LogP contribution < -0.4 is 5.32 Å². The van der Waals surface area contributed by atoms with Gasteiger partial charge in [0.2, 0.25) is 0 Å². The molecule has 0 saturated heterocycles. The van der Waals surface area contributed by atoms with Crippen molar-refractivity contribution in [3.05, 3.63) is 0 Å². The molecule has 2 unspecified atom stereocenters. The molecule has 0 amide bonds. The average Bonchev–Trinajstić information content (AvgIpc) is 2.27. The minimum absolute atomic E-state index is 0.105. The van der Waals surface area contributed by atoms with Crippen molar-refractivity contribution in [3.8, 4) is 0 Å². The van der Waals surface area contributed by atoms with E-state index in [2.05, 4.69) is 26.1 Å². The molecule has 0 aliphatic heterocycles. The molecule has 0 aromatic carbocycles. The fourth-order valence-electron chi connectivity index (χ4n) is 1.44. The van der Waals surface area contributed by atoms with Gasteiger partial charge in [0, 0.05) is 11.8 Å². The van der Waals surface area contributed by atoms with Crippen LogP contribution in [0.3, 0.4) is 0 Å². The van der Waals surface area contributed by atoms with Crippen molar-refractivity contribution < 1.29 is 9.53 Å². The Balaban J connectivity index is 3.79. The maximum absolute atomic E-state index is 11.2. The Bertz CT molecular complexity index is 188. The van der Waals surface area contributed by atoms with Gasteiger partial charge in [-0.1, -0.05) is 27.2 Å². The molecule has 4 heteroatoms. The first-order valence-electron chi connectivity index (χ1n) is 6.12. The molecular weight excluding hydrogens is 222 g/mol. The summed E-state index contributed by atoms with van der Waals surface area (Å²) in [5, 5.41) is 3.47. The van der Waals surface area contributed by atoms with E-state index in [1.807, 2.05) is 6.92 Å². The third kappa shape index (κ3) is 7.12. The lowest BCUT2D eigenvalue weighted by atomic mass is 10.0. The van der Waals surface area contributed by atoms with Gasteiger partial charge in [-0.2, -0.15) is 0 Å². The molecule has 0 heterocycles. The third-order valence-corrected chi connectivity index (χ3v) is 3.65. The number of carbonyl (C=O) groups is 1. The number of hydrogen-bond donors (Lipinski definition) is 1. The van der Waals surface area contributed by atoms with Crippen LogP contribution in [0.5, 0.6) is 0 Å². The number of esters is 1. The Kier molecular flexibility index (Phi) is 9.83. The molecule has 0 aromatic rings. The molecule has 0 saturated carbocycles. The number of carbonyl (C=O) groups excluding carboxylic acids is 1. The topological polar surface area (TPSA) is 38.3 Å². The molecule has 0 aliphatic carbocycles. The van der Waals surface area contributed by atoms with E-state index in [1.54, 1.807) is 11.8 Å². The van der Waals surface area contributed by atoms with Crippen LogP contribution in [-0.4, -0.2) is 36.7 Å². The van der Waals surface area contributed by atoms with Crippen LogP contribution >= 0.6 is 11.8 Å². The van der Waals surface area contributed by atoms with Crippen LogP contribution in [0, 0.1) is 5.92 Å². The summed E-state index contributed by atoms with van der Waals surface area (Å²) >= 11 is 1.66. The second-order valence-corrected chi connectivity index (χ2v) is 4.90. The van der Waals surface area contributed by atoms with Gasteiger partial charge >= 0.3 is 5.97 Å². The maximum Gasteiger partial charge on any atom is 0.315 e. The quantitative estimate of drug-likeness (QED) is 0.635. The zero-order valence-electron chi connectivity index (χ0n) is 10.9. The van der Waals surface area contributed by atoms with Crippen molar-refractivity contribution in [1.29, 1.82) is 0 Å². The zero-order valence-corrected chi connectivity index (χ0v) is 11.7. The van der Waals surface area contributed by atoms with Gasteiger partial charge in [0.1, 0.15) is 0 Å². The van der Waals surface area contributed by atoms with Gasteiger partial charge in [-0.15, -0.1) is 11.8 Å². The predicted octanol–water partition coefficient (Wildman–Crippen LogP) is 2.31. The van der Waals surface area contributed by atoms with Crippen LogP contribution in [0.15, 0.2) is 0 Å². The van der Waals surface area contributed by atoms with E-state index in [4.69, 9.17) is 4.74 Å². The van der Waals surface area contributed by atoms with Crippen molar-refractivity contribution in [1.82, 2.24) is 5.32 Å². The SMILES string of the molecule is CCNC(CSCC(=O)OCC)C(C)CC. The Morgan fingerprint density at radius 2 is 2.06 bits per heavy atom. The van der Waals surface area contributed by atoms with Crippen molar-refractivity contribution in [2.75, 3.05) is 24.7 Å². The van der Waals surface area contributed by atoms with E-state index in [9.17, 15) is 4.79 Å². The third-order valence-electron chi connectivity index (χ3n) is 2.62. The highest BCUT2D eigenvalue weighted by Crippen LogP contribution is 2.13. The Hall–Kier alpha value is -0.220. The van der Waals surface area contributed by atoms with E-state index in [0.29, 0.717) is 24.3 Å². The number of thioether (sulfide) groups is 1. The lowest BCUT2D eigenvalue weighted by molar-refractivity contribution is -0.139. The standard InChI is InChI=1S/C12H25NO2S/c1-5-10(4)11(13-6-2)8-16-9-12(14)15-7-3/h10-11,13H,5-9H2,1-4H3. The smallest absolute Gasteiger partial charge is 0.315 e. The largest absolute Gasteiger partial charge is 0.465 e. The van der Waals surface area contributed by atoms with E-state index in [1.165, 1.54) is 0 Å². The lowest BCUT2D eigenvalue weighted by Gasteiger charge is -2.23. The highest BCUT2D eigenvalue weighted by Gasteiger charge is 2.15. The molecule has 0 rings (SSSR count). The number of nitrogens with one attached hydrogen (secondary N) is 1. The van der Waals surface area contributed by atoms with Crippen molar-refractivity contribution in [2.24, 2.45) is 5.92 Å². The Morgan fingerprint density at radius 3 is 2.56 bits per heavy atom. The number of ether oxygens (including phenoxy) is 1. The van der Waals surface area contributed by atoms with Gasteiger partial charge in [0.15, 0.2) is 0 Å². The molecule has 96 valence electrons. The molecule has 0 spiro atoms. The zero-order chi connectivity index (χ0) is 12.4. The van der Waals surface area contributed by atoms with Crippen LogP contribution in [-0.2, 0) is 9.53 Å². The maximum atomic E-state index is 11.2. The summed E-state index contributed by atoms with van der Waals surface area (Å²) in [6.45, 7) is 9.86. The summed E-state index contributed by atoms with van der Waals surface area (Å²) in [6, 6.07) is 0.495. The second-order valence-electron chi connectivity index (χ2n) is 3.87. The highest BCUT2D eigenvalue weighted by atomic mass is 32.2. The molecular formula is C12H25NO2S. The van der Waals surface area contributed by atoms with Gasteiger partial charge in [0.05, 0.1) is 12.4 Å². The normalized spacial score (nSPS) is 14.5. The predicted molar refractivity (Wildman–Crippen MR) is 70.9 cm³/mol. The monoisotopic (exact) mass is 247 g/mol. The average molecular weight is 247 g/mol. The summed E-state index contributed by atoms with van der Waals surface area (Å²) in [5.41, 5.74) is 0. The fraction of sp³-hybridized carbons (Fsp3) is 0.917. The second kappa shape index (κ2) is 9.97.